The fourth-order valence-corrected chi connectivity index (χ4v) is 1.29. The summed E-state index contributed by atoms with van der Waals surface area (Å²) in [4.78, 5) is 0. The molecule has 0 spiro atoms. The Bertz CT molecular complexity index is 227. The molecular formula is C8H10BrNO. The Kier molecular flexibility index (Phi) is 3.56. The highest BCUT2D eigenvalue weighted by atomic mass is 79.9. The Labute approximate surface area is 74.4 Å². The summed E-state index contributed by atoms with van der Waals surface area (Å²) in [7, 11) is 0. The molecular weight excluding hydrogens is 206 g/mol. The summed E-state index contributed by atoms with van der Waals surface area (Å²) < 4.78 is 1.06. The topological polar surface area (TPSA) is 32.3 Å². The first-order valence-corrected chi connectivity index (χ1v) is 4.18. The van der Waals surface area contributed by atoms with E-state index in [0.717, 1.165) is 10.0 Å². The van der Waals surface area contributed by atoms with Crippen LogP contribution in [0.15, 0.2) is 28.7 Å². The second kappa shape index (κ2) is 4.49. The van der Waals surface area contributed by atoms with E-state index in [4.69, 9.17) is 5.11 Å². The minimum atomic E-state index is 0.0204. The molecule has 0 radical (unpaired) electrons. The standard InChI is InChI=1S/C8H10BrNO/c9-8-3-1-2-7(4-8)5-10-6-11/h1-4,10-11H,5-6H2. The van der Waals surface area contributed by atoms with Crippen molar-refractivity contribution in [2.45, 2.75) is 6.54 Å². The first-order valence-electron chi connectivity index (χ1n) is 3.39. The molecule has 0 saturated carbocycles. The zero-order valence-electron chi connectivity index (χ0n) is 6.05. The predicted octanol–water partition coefficient (Wildman–Crippen LogP) is 1.49. The normalized spacial score (nSPS) is 10.0. The summed E-state index contributed by atoms with van der Waals surface area (Å²) in [5.74, 6) is 0. The van der Waals surface area contributed by atoms with Gasteiger partial charge in [0.1, 0.15) is 0 Å². The van der Waals surface area contributed by atoms with Crippen LogP contribution in [0.3, 0.4) is 0 Å². The van der Waals surface area contributed by atoms with E-state index in [1.165, 1.54) is 0 Å². The Morgan fingerprint density at radius 1 is 1.45 bits per heavy atom. The van der Waals surface area contributed by atoms with Crippen LogP contribution in [-0.4, -0.2) is 11.8 Å². The summed E-state index contributed by atoms with van der Waals surface area (Å²) in [6.45, 7) is 0.725. The van der Waals surface area contributed by atoms with Crippen LogP contribution >= 0.6 is 15.9 Å². The van der Waals surface area contributed by atoms with Crippen LogP contribution in [0.5, 0.6) is 0 Å². The van der Waals surface area contributed by atoms with Gasteiger partial charge in [-0.25, -0.2) is 0 Å². The Balaban J connectivity index is 2.56. The van der Waals surface area contributed by atoms with Crippen molar-refractivity contribution < 1.29 is 5.11 Å². The minimum absolute atomic E-state index is 0.0204. The quantitative estimate of drug-likeness (QED) is 0.750. The van der Waals surface area contributed by atoms with Crippen molar-refractivity contribution in [3.05, 3.63) is 34.3 Å². The third-order valence-electron chi connectivity index (χ3n) is 1.33. The average Bonchev–Trinajstić information content (AvgIpc) is 2.01. The molecule has 1 aromatic carbocycles. The third kappa shape index (κ3) is 3.01. The van der Waals surface area contributed by atoms with Crippen LogP contribution in [0, 0.1) is 0 Å². The average molecular weight is 216 g/mol. The molecule has 60 valence electrons. The lowest BCUT2D eigenvalue weighted by atomic mass is 10.2. The lowest BCUT2D eigenvalue weighted by Crippen LogP contribution is -2.13. The van der Waals surface area contributed by atoms with Crippen molar-refractivity contribution >= 4 is 15.9 Å². The number of benzene rings is 1. The molecule has 0 aliphatic heterocycles. The van der Waals surface area contributed by atoms with E-state index in [9.17, 15) is 0 Å². The maximum atomic E-state index is 8.47. The van der Waals surface area contributed by atoms with Gasteiger partial charge in [-0.3, -0.25) is 5.32 Å². The molecule has 0 unspecified atom stereocenters. The summed E-state index contributed by atoms with van der Waals surface area (Å²) in [5, 5.41) is 11.3. The van der Waals surface area contributed by atoms with Crippen molar-refractivity contribution in [2.24, 2.45) is 0 Å². The summed E-state index contributed by atoms with van der Waals surface area (Å²) >= 11 is 3.36. The molecule has 3 heteroatoms. The van der Waals surface area contributed by atoms with E-state index >= 15 is 0 Å². The molecule has 0 aliphatic rings. The van der Waals surface area contributed by atoms with Crippen LogP contribution in [0.25, 0.3) is 0 Å². The second-order valence-corrected chi connectivity index (χ2v) is 3.13. The van der Waals surface area contributed by atoms with E-state index in [-0.39, 0.29) is 6.73 Å². The maximum absolute atomic E-state index is 8.47. The van der Waals surface area contributed by atoms with Crippen LogP contribution in [-0.2, 0) is 6.54 Å². The van der Waals surface area contributed by atoms with Gasteiger partial charge in [-0.1, -0.05) is 28.1 Å². The molecule has 0 amide bonds. The van der Waals surface area contributed by atoms with E-state index in [2.05, 4.69) is 21.2 Å². The van der Waals surface area contributed by atoms with Crippen molar-refractivity contribution in [2.75, 3.05) is 6.73 Å². The number of rotatable bonds is 3. The first-order chi connectivity index (χ1) is 5.33. The number of hydrogen-bond donors (Lipinski definition) is 2. The van der Waals surface area contributed by atoms with Gasteiger partial charge in [-0.15, -0.1) is 0 Å². The lowest BCUT2D eigenvalue weighted by molar-refractivity contribution is 0.259. The molecule has 2 nitrogen and oxygen atoms in total. The number of nitrogens with one attached hydrogen (secondary N) is 1. The second-order valence-electron chi connectivity index (χ2n) is 2.21. The van der Waals surface area contributed by atoms with Crippen LogP contribution in [0.1, 0.15) is 5.56 Å². The molecule has 1 aromatic rings. The molecule has 2 N–H and O–H groups in total. The SMILES string of the molecule is OCNCc1cccc(Br)c1. The van der Waals surface area contributed by atoms with Crippen LogP contribution in [0.4, 0.5) is 0 Å². The van der Waals surface area contributed by atoms with E-state index in [0.29, 0.717) is 6.54 Å². The van der Waals surface area contributed by atoms with Crippen LogP contribution < -0.4 is 5.32 Å². The van der Waals surface area contributed by atoms with Gasteiger partial charge >= 0.3 is 0 Å². The van der Waals surface area contributed by atoms with Gasteiger partial charge in [0.25, 0.3) is 0 Å². The van der Waals surface area contributed by atoms with Gasteiger partial charge in [0, 0.05) is 11.0 Å². The van der Waals surface area contributed by atoms with Gasteiger partial charge < -0.3 is 5.11 Å². The van der Waals surface area contributed by atoms with Gasteiger partial charge in [-0.05, 0) is 17.7 Å². The largest absolute Gasteiger partial charge is 0.381 e. The Hall–Kier alpha value is -0.380. The third-order valence-corrected chi connectivity index (χ3v) is 1.82. The molecule has 0 atom stereocenters. The highest BCUT2D eigenvalue weighted by Gasteiger charge is 1.91. The number of halogens is 1. The number of aliphatic hydroxyl groups is 1. The predicted molar refractivity (Wildman–Crippen MR) is 48.1 cm³/mol. The zero-order chi connectivity index (χ0) is 8.10. The van der Waals surface area contributed by atoms with Crippen molar-refractivity contribution in [3.63, 3.8) is 0 Å². The highest BCUT2D eigenvalue weighted by Crippen LogP contribution is 2.10. The maximum Gasteiger partial charge on any atom is 0.0934 e. The van der Waals surface area contributed by atoms with Crippen LogP contribution in [0.2, 0.25) is 0 Å². The van der Waals surface area contributed by atoms with E-state index in [1.807, 2.05) is 24.3 Å². The number of hydrogen-bond acceptors (Lipinski definition) is 2. The van der Waals surface area contributed by atoms with Gasteiger partial charge in [-0.2, -0.15) is 0 Å². The molecule has 11 heavy (non-hydrogen) atoms. The van der Waals surface area contributed by atoms with Gasteiger partial charge in [0.05, 0.1) is 6.73 Å². The smallest absolute Gasteiger partial charge is 0.0934 e. The Morgan fingerprint density at radius 3 is 2.91 bits per heavy atom. The van der Waals surface area contributed by atoms with E-state index < -0.39 is 0 Å². The Morgan fingerprint density at radius 2 is 2.27 bits per heavy atom. The fourth-order valence-electron chi connectivity index (χ4n) is 0.847. The number of aliphatic hydroxyl groups excluding tert-OH is 1. The molecule has 0 saturated heterocycles. The first kappa shape index (κ1) is 8.71. The highest BCUT2D eigenvalue weighted by molar-refractivity contribution is 9.10. The molecule has 0 aromatic heterocycles. The minimum Gasteiger partial charge on any atom is -0.381 e. The molecule has 0 heterocycles. The van der Waals surface area contributed by atoms with Gasteiger partial charge in [0.2, 0.25) is 0 Å². The van der Waals surface area contributed by atoms with Gasteiger partial charge in [0.15, 0.2) is 0 Å². The summed E-state index contributed by atoms with van der Waals surface area (Å²) in [6.07, 6.45) is 0. The summed E-state index contributed by atoms with van der Waals surface area (Å²) in [5.41, 5.74) is 1.16. The molecule has 0 fully saturated rings. The summed E-state index contributed by atoms with van der Waals surface area (Å²) in [6, 6.07) is 7.97. The van der Waals surface area contributed by atoms with E-state index in [1.54, 1.807) is 0 Å². The molecule has 0 bridgehead atoms. The molecule has 1 rings (SSSR count). The van der Waals surface area contributed by atoms with Crippen molar-refractivity contribution in [3.8, 4) is 0 Å². The van der Waals surface area contributed by atoms with Crippen molar-refractivity contribution in [1.29, 1.82) is 0 Å². The monoisotopic (exact) mass is 215 g/mol. The zero-order valence-corrected chi connectivity index (χ0v) is 7.63. The fraction of sp³-hybridized carbons (Fsp3) is 0.250. The van der Waals surface area contributed by atoms with Crippen molar-refractivity contribution in [1.82, 2.24) is 5.32 Å². The molecule has 0 aliphatic carbocycles. The lowest BCUT2D eigenvalue weighted by Gasteiger charge is -2.00.